The number of rotatable bonds is 24. The molecule has 63 heavy (non-hydrogen) atoms. The topological polar surface area (TPSA) is 83.8 Å². The van der Waals surface area contributed by atoms with E-state index in [2.05, 4.69) is 107 Å². The number of unbranched alkanes of at least 4 members (excludes halogenated alkanes) is 12. The average Bonchev–Trinajstić information content (AvgIpc) is 4.06. The van der Waals surface area contributed by atoms with Crippen LogP contribution in [0, 0.1) is 34.0 Å². The standard InChI is InChI=1S/C56H72N4OS2/c1-9-13-17-21-31-55(32-22-18-14-10-2)46-35-43(29-30-45-44(39-59)51(41(37-57)38-58)61-54(45,5)6)62-52(46)49-50(55)53-47(36-48(63-53)40-25-27-42(28-26-40)60(7)8)56(49,33-23-19-15-11-3)34-24-20-16-12-4/h25-30,35-36H,9-24,31-34H2,1-8H3/b30-29+. The molecular formula is C56H72N4OS2. The predicted octanol–water partition coefficient (Wildman–Crippen LogP) is 16.8. The monoisotopic (exact) mass is 881 g/mol. The van der Waals surface area contributed by atoms with Gasteiger partial charge in [-0.05, 0) is 97.7 Å². The minimum atomic E-state index is -0.857. The third kappa shape index (κ3) is 9.70. The van der Waals surface area contributed by atoms with E-state index in [0.29, 0.717) is 5.57 Å². The van der Waals surface area contributed by atoms with Crippen molar-refractivity contribution in [1.29, 1.82) is 15.8 Å². The molecule has 0 unspecified atom stereocenters. The van der Waals surface area contributed by atoms with Crippen molar-refractivity contribution in [2.75, 3.05) is 19.0 Å². The van der Waals surface area contributed by atoms with Crippen LogP contribution >= 0.6 is 22.7 Å². The number of thiophene rings is 2. The highest BCUT2D eigenvalue weighted by Crippen LogP contribution is 2.71. The maximum atomic E-state index is 10.4. The fourth-order valence-corrected chi connectivity index (χ4v) is 13.5. The van der Waals surface area contributed by atoms with Crippen LogP contribution in [0.2, 0.25) is 0 Å². The van der Waals surface area contributed by atoms with Crippen LogP contribution in [0.1, 0.15) is 196 Å². The lowest BCUT2D eigenvalue weighted by molar-refractivity contribution is 0.0954. The molecule has 0 N–H and O–H groups in total. The van der Waals surface area contributed by atoms with Crippen molar-refractivity contribution >= 4 is 45.6 Å². The van der Waals surface area contributed by atoms with Crippen LogP contribution in [0.15, 0.2) is 65.0 Å². The van der Waals surface area contributed by atoms with Crippen LogP contribution in [0.3, 0.4) is 0 Å². The number of nitriles is 3. The number of allylic oxidation sites excluding steroid dienone is 4. The molecule has 0 fully saturated rings. The lowest BCUT2D eigenvalue weighted by Gasteiger charge is -2.34. The fraction of sp³-hybridized carbons (Fsp3) is 0.554. The Morgan fingerprint density at radius 2 is 1.11 bits per heavy atom. The number of anilines is 1. The van der Waals surface area contributed by atoms with Crippen LogP contribution in [0.4, 0.5) is 5.69 Å². The summed E-state index contributed by atoms with van der Waals surface area (Å²) in [5.74, 6) is 0.0924. The molecule has 2 aliphatic carbocycles. The molecule has 3 aromatic rings. The summed E-state index contributed by atoms with van der Waals surface area (Å²) in [4.78, 5) is 7.87. The largest absolute Gasteiger partial charge is 0.480 e. The van der Waals surface area contributed by atoms with Gasteiger partial charge in [-0.2, -0.15) is 15.8 Å². The zero-order valence-electron chi connectivity index (χ0n) is 39.8. The van der Waals surface area contributed by atoms with Gasteiger partial charge in [-0.25, -0.2) is 0 Å². The van der Waals surface area contributed by atoms with E-state index in [4.69, 9.17) is 4.74 Å². The number of ether oxygens (including phenoxy) is 1. The molecule has 0 bridgehead atoms. The summed E-state index contributed by atoms with van der Waals surface area (Å²) >= 11 is 4.04. The molecule has 5 nitrogen and oxygen atoms in total. The van der Waals surface area contributed by atoms with E-state index < -0.39 is 5.60 Å². The third-order valence-corrected chi connectivity index (χ3v) is 16.5. The Balaban J connectivity index is 1.61. The molecule has 0 radical (unpaired) electrons. The second-order valence-electron chi connectivity index (χ2n) is 19.1. The zero-order chi connectivity index (χ0) is 45.2. The molecule has 0 spiro atoms. The van der Waals surface area contributed by atoms with Crippen molar-refractivity contribution in [3.05, 3.63) is 90.7 Å². The maximum absolute atomic E-state index is 10.4. The minimum absolute atomic E-state index is 0.0396. The lowest BCUT2D eigenvalue weighted by atomic mass is 9.69. The summed E-state index contributed by atoms with van der Waals surface area (Å²) in [6.07, 6.45) is 28.9. The second kappa shape index (κ2) is 21.6. The first kappa shape index (κ1) is 48.1. The first-order valence-corrected chi connectivity index (χ1v) is 26.0. The first-order valence-electron chi connectivity index (χ1n) is 24.4. The van der Waals surface area contributed by atoms with Crippen LogP contribution in [0.25, 0.3) is 27.7 Å². The third-order valence-electron chi connectivity index (χ3n) is 14.2. The fourth-order valence-electron chi connectivity index (χ4n) is 10.8. The lowest BCUT2D eigenvalue weighted by Crippen LogP contribution is -2.26. The van der Waals surface area contributed by atoms with Gasteiger partial charge in [0.2, 0.25) is 0 Å². The van der Waals surface area contributed by atoms with Gasteiger partial charge in [-0.15, -0.1) is 22.7 Å². The molecule has 1 aromatic carbocycles. The van der Waals surface area contributed by atoms with Gasteiger partial charge >= 0.3 is 0 Å². The molecule has 0 atom stereocenters. The van der Waals surface area contributed by atoms with E-state index in [-0.39, 0.29) is 27.7 Å². The molecular weight excluding hydrogens is 809 g/mol. The van der Waals surface area contributed by atoms with Gasteiger partial charge in [-0.3, -0.25) is 0 Å². The Labute approximate surface area is 388 Å². The summed E-state index contributed by atoms with van der Waals surface area (Å²) in [7, 11) is 4.24. The van der Waals surface area contributed by atoms with Crippen LogP contribution in [-0.2, 0) is 15.6 Å². The molecule has 0 saturated heterocycles. The highest BCUT2D eigenvalue weighted by molar-refractivity contribution is 7.17. The Morgan fingerprint density at radius 3 is 1.56 bits per heavy atom. The van der Waals surface area contributed by atoms with Crippen molar-refractivity contribution in [2.24, 2.45) is 0 Å². The number of nitrogens with zero attached hydrogens (tertiary/aromatic N) is 4. The normalized spacial score (nSPS) is 16.5. The van der Waals surface area contributed by atoms with Gasteiger partial charge in [0.1, 0.15) is 29.4 Å². The molecule has 0 saturated carbocycles. The van der Waals surface area contributed by atoms with E-state index in [1.54, 1.807) is 27.2 Å². The Kier molecular flexibility index (Phi) is 16.5. The molecule has 7 heteroatoms. The number of hydrogen-bond acceptors (Lipinski definition) is 7. The average molecular weight is 881 g/mol. The van der Waals surface area contributed by atoms with Gasteiger partial charge in [0, 0.05) is 55.7 Å². The molecule has 6 rings (SSSR count). The van der Waals surface area contributed by atoms with Crippen LogP contribution < -0.4 is 4.90 Å². The van der Waals surface area contributed by atoms with Crippen molar-refractivity contribution < 1.29 is 4.74 Å². The van der Waals surface area contributed by atoms with Gasteiger partial charge < -0.3 is 9.64 Å². The van der Waals surface area contributed by atoms with E-state index in [1.165, 1.54) is 154 Å². The number of fused-ring (bicyclic) bond motifs is 4. The quantitative estimate of drug-likeness (QED) is 0.0661. The van der Waals surface area contributed by atoms with E-state index in [0.717, 1.165) is 0 Å². The number of hydrogen-bond donors (Lipinski definition) is 0. The van der Waals surface area contributed by atoms with E-state index in [1.807, 2.05) is 43.4 Å². The molecule has 3 aliphatic rings. The molecule has 0 amide bonds. The van der Waals surface area contributed by atoms with Crippen molar-refractivity contribution in [1.82, 2.24) is 0 Å². The predicted molar refractivity (Wildman–Crippen MR) is 269 cm³/mol. The molecule has 334 valence electrons. The molecule has 3 heterocycles. The minimum Gasteiger partial charge on any atom is -0.480 e. The smallest absolute Gasteiger partial charge is 0.172 e. The van der Waals surface area contributed by atoms with E-state index in [9.17, 15) is 15.8 Å². The van der Waals surface area contributed by atoms with Gasteiger partial charge in [0.15, 0.2) is 11.3 Å². The van der Waals surface area contributed by atoms with Crippen LogP contribution in [0.5, 0.6) is 0 Å². The van der Waals surface area contributed by atoms with Crippen molar-refractivity contribution in [3.8, 4) is 28.6 Å². The Bertz CT molecular complexity index is 2280. The summed E-state index contributed by atoms with van der Waals surface area (Å²) in [5, 5.41) is 29.8. The van der Waals surface area contributed by atoms with Gasteiger partial charge in [-0.1, -0.05) is 149 Å². The highest BCUT2D eigenvalue weighted by Gasteiger charge is 2.57. The summed E-state index contributed by atoms with van der Waals surface area (Å²) in [6, 6.07) is 20.6. The van der Waals surface area contributed by atoms with Gasteiger partial charge in [0.25, 0.3) is 0 Å². The summed E-state index contributed by atoms with van der Waals surface area (Å²) in [6.45, 7) is 13.1. The Hall–Kier alpha value is -4.35. The zero-order valence-corrected chi connectivity index (χ0v) is 41.4. The van der Waals surface area contributed by atoms with Crippen molar-refractivity contribution in [3.63, 3.8) is 0 Å². The number of benzene rings is 1. The second-order valence-corrected chi connectivity index (χ2v) is 21.3. The molecule has 1 aliphatic heterocycles. The Morgan fingerprint density at radius 1 is 0.635 bits per heavy atom. The van der Waals surface area contributed by atoms with E-state index >= 15 is 0 Å². The SMILES string of the molecule is CCCCCCC1(CCCCCC)C2=C(c3sc(/C=C/C4=C(C#N)C(=C(C#N)C#N)OC4(C)C)cc31)C(CCCCCC)(CCCCCC)c1cc(-c3ccc(N(C)C)cc3)sc12. The van der Waals surface area contributed by atoms with Crippen LogP contribution in [-0.4, -0.2) is 19.7 Å². The summed E-state index contributed by atoms with van der Waals surface area (Å²) in [5.41, 5.74) is 8.91. The maximum Gasteiger partial charge on any atom is 0.172 e. The molecule has 2 aromatic heterocycles. The van der Waals surface area contributed by atoms with Crippen molar-refractivity contribution in [2.45, 2.75) is 186 Å². The summed E-state index contributed by atoms with van der Waals surface area (Å²) < 4.78 is 6.18. The highest BCUT2D eigenvalue weighted by atomic mass is 32.1. The first-order chi connectivity index (χ1) is 30.5. The van der Waals surface area contributed by atoms with Gasteiger partial charge in [0.05, 0.1) is 0 Å².